The van der Waals surface area contributed by atoms with E-state index >= 15 is 0 Å². The molecule has 24 heavy (non-hydrogen) atoms. The molecule has 2 rings (SSSR count). The zero-order valence-electron chi connectivity index (χ0n) is 12.8. The van der Waals surface area contributed by atoms with Gasteiger partial charge in [-0.25, -0.2) is 4.57 Å². The zero-order chi connectivity index (χ0) is 18.8. The number of hydrogen-bond acceptors (Lipinski definition) is 5. The average molecular weight is 365 g/mol. The van der Waals surface area contributed by atoms with Crippen LogP contribution >= 0.6 is 7.82 Å². The van der Waals surface area contributed by atoms with Crippen molar-refractivity contribution in [3.63, 3.8) is 0 Å². The first-order valence-corrected chi connectivity index (χ1v) is 8.08. The second kappa shape index (κ2) is 7.24. The largest absolute Gasteiger partial charge is 0.502 e. The van der Waals surface area contributed by atoms with E-state index < -0.39 is 30.0 Å². The fourth-order valence-corrected chi connectivity index (χ4v) is 2.36. The van der Waals surface area contributed by atoms with Gasteiger partial charge in [0, 0.05) is 18.8 Å². The first-order valence-electron chi connectivity index (χ1n) is 6.52. The minimum Gasteiger partial charge on any atom is -0.502 e. The molecule has 1 aromatic heterocycles. The lowest BCUT2D eigenvalue weighted by atomic mass is 10.1. The number of nitro groups is 1. The molecular formula is C12H17FN3O7P. The Kier molecular flexibility index (Phi) is 6.04. The van der Waals surface area contributed by atoms with Crippen LogP contribution in [0, 0.1) is 22.9 Å². The van der Waals surface area contributed by atoms with E-state index in [4.69, 9.17) is 25.0 Å². The molecule has 0 radical (unpaired) electrons. The van der Waals surface area contributed by atoms with Crippen LogP contribution in [0.1, 0.15) is 11.3 Å². The topological polar surface area (TPSA) is 172 Å². The molecule has 134 valence electrons. The number of nitrogens with zero attached hydrogens (tertiary/aromatic N) is 2. The average Bonchev–Trinajstić information content (AvgIpc) is 2.62. The minimum atomic E-state index is -4.64. The molecule has 1 aromatic carbocycles. The van der Waals surface area contributed by atoms with Gasteiger partial charge in [-0.3, -0.25) is 10.1 Å². The number of nitro benzene ring substituents is 1. The highest BCUT2D eigenvalue weighted by Gasteiger charge is 2.27. The molecule has 12 heteroatoms. The number of nitrogens with two attached hydrogens (primary N) is 1. The van der Waals surface area contributed by atoms with Crippen molar-refractivity contribution in [3.8, 4) is 5.75 Å². The fraction of sp³-hybridized carbons (Fsp3) is 0.333. The fourth-order valence-electron chi connectivity index (χ4n) is 2.36. The van der Waals surface area contributed by atoms with E-state index in [2.05, 4.69) is 0 Å². The molecule has 0 saturated carbocycles. The first kappa shape index (κ1) is 20.0. The molecule has 0 fully saturated rings. The van der Waals surface area contributed by atoms with E-state index in [9.17, 15) is 19.6 Å². The lowest BCUT2D eigenvalue weighted by molar-refractivity contribution is -0.388. The van der Waals surface area contributed by atoms with Crippen molar-refractivity contribution < 1.29 is 33.7 Å². The Balaban J connectivity index is 0.000000505. The summed E-state index contributed by atoms with van der Waals surface area (Å²) >= 11 is 0. The van der Waals surface area contributed by atoms with Crippen LogP contribution < -0.4 is 5.73 Å². The van der Waals surface area contributed by atoms with E-state index in [1.807, 2.05) is 0 Å². The standard InChI is InChI=1S/C12H14FN3O3.H3O4P/c1-6-7(3-4-14)10-9(15(6)2)5-8(13)11(12(10)17)16(18)19;1-5(2,3)4/h5,17H,3-4,14H2,1-2H3;(H3,1,2,3,4). The van der Waals surface area contributed by atoms with E-state index in [0.717, 1.165) is 11.8 Å². The molecule has 0 saturated heterocycles. The van der Waals surface area contributed by atoms with Crippen LogP contribution in [0.5, 0.6) is 5.75 Å². The molecule has 10 nitrogen and oxygen atoms in total. The number of hydrogen-bond donors (Lipinski definition) is 5. The third-order valence-corrected chi connectivity index (χ3v) is 3.39. The molecular weight excluding hydrogens is 348 g/mol. The van der Waals surface area contributed by atoms with Crippen molar-refractivity contribution in [1.82, 2.24) is 4.57 Å². The van der Waals surface area contributed by atoms with E-state index in [-0.39, 0.29) is 0 Å². The van der Waals surface area contributed by atoms with Crippen LogP contribution in [0.3, 0.4) is 0 Å². The maximum Gasteiger partial charge on any atom is 0.466 e. The van der Waals surface area contributed by atoms with Crippen LogP contribution in [0.15, 0.2) is 6.07 Å². The van der Waals surface area contributed by atoms with Gasteiger partial charge in [0.15, 0.2) is 0 Å². The quantitative estimate of drug-likeness (QED) is 0.302. The molecule has 0 aliphatic rings. The number of phosphoric acid groups is 1. The van der Waals surface area contributed by atoms with Gasteiger partial charge in [-0.05, 0) is 25.5 Å². The van der Waals surface area contributed by atoms with Crippen molar-refractivity contribution in [2.24, 2.45) is 12.8 Å². The molecule has 0 bridgehead atoms. The van der Waals surface area contributed by atoms with Crippen molar-refractivity contribution in [3.05, 3.63) is 33.3 Å². The summed E-state index contributed by atoms with van der Waals surface area (Å²) in [4.78, 5) is 31.5. The highest BCUT2D eigenvalue weighted by molar-refractivity contribution is 7.45. The third-order valence-electron chi connectivity index (χ3n) is 3.39. The Labute approximate surface area is 135 Å². The SMILES string of the molecule is Cc1c(CCN)c2c(O)c([N+](=O)[O-])c(F)cc2n1C.O=P(O)(O)O. The van der Waals surface area contributed by atoms with E-state index in [1.54, 1.807) is 18.5 Å². The van der Waals surface area contributed by atoms with Crippen LogP contribution in [0.2, 0.25) is 0 Å². The molecule has 6 N–H and O–H groups in total. The maximum absolute atomic E-state index is 13.7. The van der Waals surface area contributed by atoms with Crippen LogP contribution in [0.4, 0.5) is 10.1 Å². The Morgan fingerprint density at radius 3 is 2.33 bits per heavy atom. The summed E-state index contributed by atoms with van der Waals surface area (Å²) in [6, 6.07) is 1.07. The number of phenols is 1. The lowest BCUT2D eigenvalue weighted by Crippen LogP contribution is -2.04. The zero-order valence-corrected chi connectivity index (χ0v) is 13.7. The number of fused-ring (bicyclic) bond motifs is 1. The molecule has 0 unspecified atom stereocenters. The van der Waals surface area contributed by atoms with Gasteiger partial charge >= 0.3 is 13.5 Å². The molecule has 0 aliphatic carbocycles. The van der Waals surface area contributed by atoms with E-state index in [0.29, 0.717) is 29.4 Å². The van der Waals surface area contributed by atoms with Crippen LogP contribution in [0.25, 0.3) is 10.9 Å². The van der Waals surface area contributed by atoms with Gasteiger partial charge in [-0.15, -0.1) is 0 Å². The summed E-state index contributed by atoms with van der Waals surface area (Å²) in [5.74, 6) is -1.68. The Morgan fingerprint density at radius 2 is 1.92 bits per heavy atom. The monoisotopic (exact) mass is 365 g/mol. The first-order chi connectivity index (χ1) is 10.9. The molecule has 0 atom stereocenters. The maximum atomic E-state index is 13.7. The second-order valence-electron chi connectivity index (χ2n) is 4.88. The molecule has 0 amide bonds. The summed E-state index contributed by atoms with van der Waals surface area (Å²) in [7, 11) is -2.93. The lowest BCUT2D eigenvalue weighted by Gasteiger charge is -2.02. The molecule has 0 spiro atoms. The number of aromatic hydroxyl groups is 1. The number of rotatable bonds is 3. The minimum absolute atomic E-state index is 0.304. The smallest absolute Gasteiger partial charge is 0.466 e. The summed E-state index contributed by atoms with van der Waals surface area (Å²) in [6.07, 6.45) is 0.458. The van der Waals surface area contributed by atoms with Gasteiger partial charge in [0.25, 0.3) is 0 Å². The van der Waals surface area contributed by atoms with Gasteiger partial charge < -0.3 is 30.1 Å². The number of aryl methyl sites for hydroxylation is 1. The summed E-state index contributed by atoms with van der Waals surface area (Å²) in [5, 5.41) is 21.1. The summed E-state index contributed by atoms with van der Waals surface area (Å²) < 4.78 is 24.3. The van der Waals surface area contributed by atoms with Crippen molar-refractivity contribution in [2.75, 3.05) is 6.54 Å². The Hall–Kier alpha value is -2.04. The number of benzene rings is 1. The molecule has 2 aromatic rings. The van der Waals surface area contributed by atoms with Gasteiger partial charge in [-0.1, -0.05) is 0 Å². The van der Waals surface area contributed by atoms with E-state index in [1.165, 1.54) is 0 Å². The van der Waals surface area contributed by atoms with Gasteiger partial charge in [0.2, 0.25) is 11.6 Å². The molecule has 1 heterocycles. The van der Waals surface area contributed by atoms with Crippen LogP contribution in [-0.2, 0) is 18.0 Å². The van der Waals surface area contributed by atoms with Crippen LogP contribution in [-0.4, -0.2) is 35.8 Å². The van der Waals surface area contributed by atoms with Gasteiger partial charge in [-0.2, -0.15) is 4.39 Å². The highest BCUT2D eigenvalue weighted by Crippen LogP contribution is 2.40. The predicted molar refractivity (Wildman–Crippen MR) is 83.0 cm³/mol. The normalized spacial score (nSPS) is 11.3. The predicted octanol–water partition coefficient (Wildman–Crippen LogP) is 0.812. The molecule has 0 aliphatic heterocycles. The third kappa shape index (κ3) is 4.28. The summed E-state index contributed by atoms with van der Waals surface area (Å²) in [5.41, 5.74) is 6.54. The van der Waals surface area contributed by atoms with Crippen molar-refractivity contribution >= 4 is 24.4 Å². The van der Waals surface area contributed by atoms with Gasteiger partial charge in [0.05, 0.1) is 15.8 Å². The number of phenolic OH excluding ortho intramolecular Hbond substituents is 1. The Bertz CT molecular complexity index is 822. The van der Waals surface area contributed by atoms with Crippen molar-refractivity contribution in [1.29, 1.82) is 0 Å². The highest BCUT2D eigenvalue weighted by atomic mass is 31.2. The summed E-state index contributed by atoms with van der Waals surface area (Å²) in [6.45, 7) is 2.14. The number of halogens is 1. The second-order valence-corrected chi connectivity index (χ2v) is 5.91. The Morgan fingerprint density at radius 1 is 1.42 bits per heavy atom. The number of aromatic nitrogens is 1. The van der Waals surface area contributed by atoms with Crippen molar-refractivity contribution in [2.45, 2.75) is 13.3 Å². The van der Waals surface area contributed by atoms with Gasteiger partial charge in [0.1, 0.15) is 0 Å².